The molecule has 7 heteroatoms. The van der Waals surface area contributed by atoms with E-state index in [1.165, 1.54) is 4.90 Å². The van der Waals surface area contributed by atoms with Crippen LogP contribution in [0.15, 0.2) is 66.8 Å². The molecule has 1 aliphatic heterocycles. The lowest BCUT2D eigenvalue weighted by Crippen LogP contribution is -2.38. The lowest BCUT2D eigenvalue weighted by Gasteiger charge is -2.28. The van der Waals surface area contributed by atoms with Gasteiger partial charge in [0.1, 0.15) is 18.1 Å². The first-order valence-corrected chi connectivity index (χ1v) is 11.4. The molecule has 2 aromatic carbocycles. The molecule has 1 amide bonds. The molecule has 0 unspecified atom stereocenters. The molecule has 174 valence electrons. The zero-order valence-corrected chi connectivity index (χ0v) is 19.7. The van der Waals surface area contributed by atoms with Crippen molar-refractivity contribution in [2.75, 3.05) is 32.8 Å². The first-order valence-electron chi connectivity index (χ1n) is 11.0. The minimum atomic E-state index is -0.733. The van der Waals surface area contributed by atoms with Gasteiger partial charge in [-0.1, -0.05) is 50.2 Å². The minimum Gasteiger partial charge on any atom is -0.507 e. The highest BCUT2D eigenvalue weighted by Crippen LogP contribution is 2.40. The molecule has 1 aliphatic rings. The lowest BCUT2D eigenvalue weighted by molar-refractivity contribution is -0.140. The summed E-state index contributed by atoms with van der Waals surface area (Å²) >= 11 is 5.98. The van der Waals surface area contributed by atoms with Crippen molar-refractivity contribution in [3.63, 3.8) is 0 Å². The molecule has 0 aromatic heterocycles. The van der Waals surface area contributed by atoms with E-state index in [1.807, 2.05) is 6.07 Å². The van der Waals surface area contributed by atoms with Crippen molar-refractivity contribution < 1.29 is 19.4 Å². The number of aliphatic hydroxyl groups excluding tert-OH is 1. The van der Waals surface area contributed by atoms with Crippen molar-refractivity contribution in [1.82, 2.24) is 9.80 Å². The fraction of sp³-hybridized carbons (Fsp3) is 0.308. The van der Waals surface area contributed by atoms with Gasteiger partial charge in [-0.3, -0.25) is 9.59 Å². The molecule has 6 nitrogen and oxygen atoms in total. The number of amides is 1. The predicted molar refractivity (Wildman–Crippen MR) is 130 cm³/mol. The molecule has 1 fully saturated rings. The Hall–Kier alpha value is -3.09. The van der Waals surface area contributed by atoms with E-state index in [1.54, 1.807) is 48.5 Å². The number of hydrogen-bond donors (Lipinski definition) is 1. The second-order valence-electron chi connectivity index (χ2n) is 7.70. The maximum atomic E-state index is 13.1. The number of Topliss-reactive ketones (excluding diaryl/α,β-unsaturated/α-hetero) is 1. The van der Waals surface area contributed by atoms with Crippen LogP contribution in [0.4, 0.5) is 0 Å². The van der Waals surface area contributed by atoms with E-state index in [0.717, 1.165) is 13.1 Å². The SMILES string of the molecule is C=CCOc1cccc([C@@H]2/C(=C(\O)c3ccc(Cl)cc3)C(=O)C(=O)N2CCN(CC)CC)c1. The smallest absolute Gasteiger partial charge is 0.295 e. The van der Waals surface area contributed by atoms with Gasteiger partial charge in [0.2, 0.25) is 0 Å². The van der Waals surface area contributed by atoms with Crippen LogP contribution in [-0.2, 0) is 9.59 Å². The van der Waals surface area contributed by atoms with E-state index >= 15 is 0 Å². The van der Waals surface area contributed by atoms with Gasteiger partial charge in [-0.2, -0.15) is 0 Å². The Bertz CT molecular complexity index is 1040. The van der Waals surface area contributed by atoms with Crippen molar-refractivity contribution in [2.45, 2.75) is 19.9 Å². The highest BCUT2D eigenvalue weighted by Gasteiger charge is 2.46. The average Bonchev–Trinajstić information content (AvgIpc) is 3.08. The molecule has 0 bridgehead atoms. The third-order valence-electron chi connectivity index (χ3n) is 5.75. The Labute approximate surface area is 199 Å². The Morgan fingerprint density at radius 3 is 2.52 bits per heavy atom. The number of rotatable bonds is 10. The number of ether oxygens (including phenoxy) is 1. The summed E-state index contributed by atoms with van der Waals surface area (Å²) in [7, 11) is 0. The number of nitrogens with zero attached hydrogens (tertiary/aromatic N) is 2. The molecule has 0 saturated carbocycles. The van der Waals surface area contributed by atoms with Crippen LogP contribution in [0.3, 0.4) is 0 Å². The van der Waals surface area contributed by atoms with Gasteiger partial charge in [0.25, 0.3) is 11.7 Å². The third-order valence-corrected chi connectivity index (χ3v) is 6.00. The molecule has 33 heavy (non-hydrogen) atoms. The van der Waals surface area contributed by atoms with Crippen LogP contribution in [0.5, 0.6) is 5.75 Å². The maximum absolute atomic E-state index is 13.1. The predicted octanol–water partition coefficient (Wildman–Crippen LogP) is 4.67. The highest BCUT2D eigenvalue weighted by molar-refractivity contribution is 6.46. The van der Waals surface area contributed by atoms with Gasteiger partial charge in [0, 0.05) is 23.7 Å². The summed E-state index contributed by atoms with van der Waals surface area (Å²) in [4.78, 5) is 29.9. The molecule has 0 aliphatic carbocycles. The summed E-state index contributed by atoms with van der Waals surface area (Å²) in [6, 6.07) is 13.0. The largest absolute Gasteiger partial charge is 0.507 e. The van der Waals surface area contributed by atoms with Crippen LogP contribution in [-0.4, -0.2) is 59.4 Å². The van der Waals surface area contributed by atoms with Crippen LogP contribution < -0.4 is 4.74 Å². The number of hydrogen-bond acceptors (Lipinski definition) is 5. The number of aliphatic hydroxyl groups is 1. The van der Waals surface area contributed by atoms with Crippen LogP contribution in [0, 0.1) is 0 Å². The lowest BCUT2D eigenvalue weighted by atomic mass is 9.95. The summed E-state index contributed by atoms with van der Waals surface area (Å²) in [5.41, 5.74) is 1.17. The van der Waals surface area contributed by atoms with Gasteiger partial charge in [-0.15, -0.1) is 0 Å². The van der Waals surface area contributed by atoms with E-state index in [2.05, 4.69) is 25.3 Å². The van der Waals surface area contributed by atoms with Crippen molar-refractivity contribution in [3.05, 3.63) is 82.9 Å². The zero-order chi connectivity index (χ0) is 24.0. The van der Waals surface area contributed by atoms with Crippen LogP contribution in [0.25, 0.3) is 5.76 Å². The first kappa shape index (κ1) is 24.6. The van der Waals surface area contributed by atoms with Gasteiger partial charge >= 0.3 is 0 Å². The highest BCUT2D eigenvalue weighted by atomic mass is 35.5. The van der Waals surface area contributed by atoms with Gasteiger partial charge in [0.15, 0.2) is 0 Å². The van der Waals surface area contributed by atoms with E-state index in [-0.39, 0.29) is 11.3 Å². The standard InChI is InChI=1S/C26H29ClN2O4/c1-4-16-33-21-9-7-8-19(17-21)23-22(24(30)18-10-12-20(27)13-11-18)25(31)26(32)29(23)15-14-28(5-2)6-3/h4,7-13,17,23,30H,1,5-6,14-16H2,2-3H3/b24-22+/t23-/m1/s1. The Kier molecular flexibility index (Phi) is 8.31. The summed E-state index contributed by atoms with van der Waals surface area (Å²) in [5.74, 6) is -0.963. The van der Waals surface area contributed by atoms with Crippen molar-refractivity contribution in [1.29, 1.82) is 0 Å². The zero-order valence-electron chi connectivity index (χ0n) is 19.0. The molecule has 0 spiro atoms. The van der Waals surface area contributed by atoms with Gasteiger partial charge in [-0.05, 0) is 55.1 Å². The van der Waals surface area contributed by atoms with E-state index < -0.39 is 17.7 Å². The molecule has 0 radical (unpaired) electrons. The fourth-order valence-electron chi connectivity index (χ4n) is 3.94. The van der Waals surface area contributed by atoms with Crippen LogP contribution >= 0.6 is 11.6 Å². The Morgan fingerprint density at radius 2 is 1.88 bits per heavy atom. The average molecular weight is 469 g/mol. The number of halogens is 1. The van der Waals surface area contributed by atoms with E-state index in [4.69, 9.17) is 16.3 Å². The summed E-state index contributed by atoms with van der Waals surface area (Å²) in [6.07, 6.45) is 1.64. The monoisotopic (exact) mass is 468 g/mol. The summed E-state index contributed by atoms with van der Waals surface area (Å²) < 4.78 is 5.66. The number of ketones is 1. The fourth-order valence-corrected chi connectivity index (χ4v) is 4.06. The quantitative estimate of drug-likeness (QED) is 0.237. The molecule has 3 rings (SSSR count). The van der Waals surface area contributed by atoms with Crippen molar-refractivity contribution >= 4 is 29.1 Å². The molecule has 1 N–H and O–H groups in total. The first-order chi connectivity index (χ1) is 15.9. The van der Waals surface area contributed by atoms with Crippen molar-refractivity contribution in [3.8, 4) is 5.75 Å². The number of carbonyl (C=O) groups excluding carboxylic acids is 2. The molecule has 1 atom stereocenters. The molecule has 1 saturated heterocycles. The van der Waals surface area contributed by atoms with E-state index in [0.29, 0.717) is 41.6 Å². The number of benzene rings is 2. The molecule has 1 heterocycles. The van der Waals surface area contributed by atoms with Crippen molar-refractivity contribution in [2.24, 2.45) is 0 Å². The Balaban J connectivity index is 2.09. The topological polar surface area (TPSA) is 70.1 Å². The second-order valence-corrected chi connectivity index (χ2v) is 8.13. The molecular formula is C26H29ClN2O4. The molecule has 2 aromatic rings. The minimum absolute atomic E-state index is 0.0581. The maximum Gasteiger partial charge on any atom is 0.295 e. The van der Waals surface area contributed by atoms with Gasteiger partial charge in [-0.25, -0.2) is 0 Å². The number of likely N-dealkylation sites (tertiary alicyclic amines) is 1. The summed E-state index contributed by atoms with van der Waals surface area (Å²) in [5, 5.41) is 11.6. The third kappa shape index (κ3) is 5.46. The second kappa shape index (κ2) is 11.2. The summed E-state index contributed by atoms with van der Waals surface area (Å²) in [6.45, 7) is 10.7. The molecular weight excluding hydrogens is 440 g/mol. The van der Waals surface area contributed by atoms with E-state index in [9.17, 15) is 14.7 Å². The number of likely N-dealkylation sites (N-methyl/N-ethyl adjacent to an activating group) is 1. The van der Waals surface area contributed by atoms with Crippen LogP contribution in [0.2, 0.25) is 5.02 Å². The number of carbonyl (C=O) groups is 2. The van der Waals surface area contributed by atoms with Crippen LogP contribution in [0.1, 0.15) is 31.0 Å². The van der Waals surface area contributed by atoms with Gasteiger partial charge < -0.3 is 19.6 Å². The Morgan fingerprint density at radius 1 is 1.18 bits per heavy atom. The van der Waals surface area contributed by atoms with Gasteiger partial charge in [0.05, 0.1) is 11.6 Å². The normalized spacial score (nSPS) is 17.6.